The van der Waals surface area contributed by atoms with Gasteiger partial charge in [0.1, 0.15) is 17.0 Å². The molecule has 5 nitrogen and oxygen atoms in total. The van der Waals surface area contributed by atoms with E-state index in [1.165, 1.54) is 0 Å². The van der Waals surface area contributed by atoms with Gasteiger partial charge in [-0.15, -0.1) is 0 Å². The molecule has 0 amide bonds. The maximum Gasteiger partial charge on any atom is 0.148 e. The van der Waals surface area contributed by atoms with Crippen LogP contribution in [0.2, 0.25) is 5.02 Å². The third kappa shape index (κ3) is 1.77. The minimum atomic E-state index is 0.499. The number of hydrogen-bond acceptors (Lipinski definition) is 5. The lowest BCUT2D eigenvalue weighted by molar-refractivity contribution is 0.397. The number of anilines is 1. The maximum atomic E-state index is 6.44. The van der Waals surface area contributed by atoms with Crippen molar-refractivity contribution >= 4 is 28.2 Å². The number of hydrazine groups is 1. The van der Waals surface area contributed by atoms with E-state index < -0.39 is 0 Å². The normalized spacial score (nSPS) is 13.4. The molecule has 0 saturated carbocycles. The van der Waals surface area contributed by atoms with Gasteiger partial charge in [-0.25, -0.2) is 4.98 Å². The summed E-state index contributed by atoms with van der Waals surface area (Å²) in [5.74, 6) is 6.90. The number of nitrogens with zero attached hydrogens (tertiary/aromatic N) is 1. The average Bonchev–Trinajstić information content (AvgIpc) is 2.93. The van der Waals surface area contributed by atoms with Gasteiger partial charge in [-0.1, -0.05) is 11.6 Å². The first kappa shape index (κ1) is 13.3. The number of nitrogens with two attached hydrogens (primary N) is 1. The number of halogens is 1. The summed E-state index contributed by atoms with van der Waals surface area (Å²) in [7, 11) is 3.18. The minimum absolute atomic E-state index is 0.499. The molecule has 6 heteroatoms. The van der Waals surface area contributed by atoms with Crippen molar-refractivity contribution in [3.05, 3.63) is 22.3 Å². The summed E-state index contributed by atoms with van der Waals surface area (Å²) < 4.78 is 10.7. The Morgan fingerprint density at radius 1 is 1.25 bits per heavy atom. The van der Waals surface area contributed by atoms with Gasteiger partial charge in [-0.3, -0.25) is 5.84 Å². The average molecular weight is 294 g/mol. The first-order valence-corrected chi connectivity index (χ1v) is 6.81. The summed E-state index contributed by atoms with van der Waals surface area (Å²) >= 11 is 6.44. The molecule has 1 heterocycles. The van der Waals surface area contributed by atoms with Gasteiger partial charge in [0.05, 0.1) is 30.3 Å². The SMILES string of the molecule is COc1cc(OC)c2nc3c(c(NN)c2c1Cl)CCC3. The van der Waals surface area contributed by atoms with Crippen molar-refractivity contribution < 1.29 is 9.47 Å². The van der Waals surface area contributed by atoms with Gasteiger partial charge < -0.3 is 14.9 Å². The van der Waals surface area contributed by atoms with Crippen LogP contribution in [-0.2, 0) is 12.8 Å². The number of aromatic nitrogens is 1. The Labute approximate surface area is 122 Å². The van der Waals surface area contributed by atoms with Crippen LogP contribution in [0.4, 0.5) is 5.69 Å². The third-order valence-corrected chi connectivity index (χ3v) is 4.11. The lowest BCUT2D eigenvalue weighted by Crippen LogP contribution is -2.11. The molecule has 0 atom stereocenters. The summed E-state index contributed by atoms with van der Waals surface area (Å²) in [6.45, 7) is 0. The Balaban J connectivity index is 2.46. The van der Waals surface area contributed by atoms with E-state index in [0.717, 1.165) is 41.6 Å². The van der Waals surface area contributed by atoms with Gasteiger partial charge in [-0.05, 0) is 24.8 Å². The van der Waals surface area contributed by atoms with Crippen LogP contribution in [0.25, 0.3) is 10.9 Å². The van der Waals surface area contributed by atoms with Crippen LogP contribution in [0.15, 0.2) is 6.07 Å². The van der Waals surface area contributed by atoms with E-state index >= 15 is 0 Å². The standard InChI is InChI=1S/C14H16ClN3O2/c1-19-9-6-10(20-2)14-11(12(9)15)13(18-16)7-4-3-5-8(7)17-14/h6H,3-5,16H2,1-2H3,(H,17,18). The summed E-state index contributed by atoms with van der Waals surface area (Å²) in [5, 5.41) is 1.25. The molecule has 2 aromatic rings. The van der Waals surface area contributed by atoms with Crippen LogP contribution in [0.5, 0.6) is 11.5 Å². The largest absolute Gasteiger partial charge is 0.495 e. The highest BCUT2D eigenvalue weighted by molar-refractivity contribution is 6.38. The summed E-state index contributed by atoms with van der Waals surface area (Å²) in [5.41, 5.74) is 6.51. The van der Waals surface area contributed by atoms with Gasteiger partial charge in [0.2, 0.25) is 0 Å². The Kier molecular flexibility index (Phi) is 3.31. The van der Waals surface area contributed by atoms with Crippen LogP contribution in [-0.4, -0.2) is 19.2 Å². The molecule has 0 radical (unpaired) electrons. The van der Waals surface area contributed by atoms with Crippen molar-refractivity contribution in [1.82, 2.24) is 4.98 Å². The molecule has 106 valence electrons. The van der Waals surface area contributed by atoms with Crippen LogP contribution in [0, 0.1) is 0 Å². The molecule has 1 aliphatic carbocycles. The molecule has 20 heavy (non-hydrogen) atoms. The zero-order valence-corrected chi connectivity index (χ0v) is 12.2. The monoisotopic (exact) mass is 293 g/mol. The first-order valence-electron chi connectivity index (χ1n) is 6.43. The second-order valence-electron chi connectivity index (χ2n) is 4.73. The van der Waals surface area contributed by atoms with E-state index in [0.29, 0.717) is 22.0 Å². The topological polar surface area (TPSA) is 69.4 Å². The number of methoxy groups -OCH3 is 2. The molecule has 0 fully saturated rings. The molecule has 1 aromatic heterocycles. The molecule has 0 bridgehead atoms. The van der Waals surface area contributed by atoms with Crippen LogP contribution >= 0.6 is 11.6 Å². The summed E-state index contributed by atoms with van der Waals surface area (Å²) in [6.07, 6.45) is 2.98. The van der Waals surface area contributed by atoms with Crippen molar-refractivity contribution in [2.45, 2.75) is 19.3 Å². The fourth-order valence-corrected chi connectivity index (χ4v) is 3.13. The molecule has 1 aliphatic rings. The molecule has 3 rings (SSSR count). The van der Waals surface area contributed by atoms with E-state index in [2.05, 4.69) is 5.43 Å². The highest BCUT2D eigenvalue weighted by Gasteiger charge is 2.24. The molecule has 0 spiro atoms. The number of nitrogen functional groups attached to an aromatic ring is 1. The number of pyridine rings is 1. The Hall–Kier alpha value is -1.72. The zero-order chi connectivity index (χ0) is 14.3. The van der Waals surface area contributed by atoms with Gasteiger partial charge in [-0.2, -0.15) is 0 Å². The predicted octanol–water partition coefficient (Wildman–Crippen LogP) is 2.68. The van der Waals surface area contributed by atoms with Crippen molar-refractivity contribution in [2.75, 3.05) is 19.6 Å². The van der Waals surface area contributed by atoms with E-state index in [1.807, 2.05) is 0 Å². The van der Waals surface area contributed by atoms with Gasteiger partial charge in [0.25, 0.3) is 0 Å². The molecule has 1 aromatic carbocycles. The number of benzene rings is 1. The quantitative estimate of drug-likeness (QED) is 0.672. The molecular formula is C14H16ClN3O2. The molecule has 0 saturated heterocycles. The van der Waals surface area contributed by atoms with Crippen LogP contribution < -0.4 is 20.7 Å². The Morgan fingerprint density at radius 2 is 2.00 bits per heavy atom. The van der Waals surface area contributed by atoms with Crippen molar-refractivity contribution in [1.29, 1.82) is 0 Å². The Bertz CT molecular complexity index is 688. The summed E-state index contributed by atoms with van der Waals surface area (Å²) in [6, 6.07) is 1.75. The number of nitrogens with one attached hydrogen (secondary N) is 1. The number of fused-ring (bicyclic) bond motifs is 2. The van der Waals surface area contributed by atoms with Crippen molar-refractivity contribution in [3.63, 3.8) is 0 Å². The van der Waals surface area contributed by atoms with Crippen molar-refractivity contribution in [2.24, 2.45) is 5.84 Å². The van der Waals surface area contributed by atoms with E-state index in [-0.39, 0.29) is 0 Å². The highest BCUT2D eigenvalue weighted by atomic mass is 35.5. The number of aryl methyl sites for hydroxylation is 1. The third-order valence-electron chi connectivity index (χ3n) is 3.74. The van der Waals surface area contributed by atoms with Crippen molar-refractivity contribution in [3.8, 4) is 11.5 Å². The first-order chi connectivity index (χ1) is 9.71. The fraction of sp³-hybridized carbons (Fsp3) is 0.357. The maximum absolute atomic E-state index is 6.44. The molecule has 3 N–H and O–H groups in total. The number of rotatable bonds is 3. The summed E-state index contributed by atoms with van der Waals surface area (Å²) in [4.78, 5) is 4.71. The van der Waals surface area contributed by atoms with Crippen LogP contribution in [0.3, 0.4) is 0 Å². The van der Waals surface area contributed by atoms with E-state index in [4.69, 9.17) is 31.9 Å². The number of hydrogen-bond donors (Lipinski definition) is 2. The molecule has 0 aliphatic heterocycles. The van der Waals surface area contributed by atoms with Crippen LogP contribution in [0.1, 0.15) is 17.7 Å². The van der Waals surface area contributed by atoms with Gasteiger partial charge in [0.15, 0.2) is 0 Å². The predicted molar refractivity (Wildman–Crippen MR) is 79.7 cm³/mol. The number of ether oxygens (including phenoxy) is 2. The van der Waals surface area contributed by atoms with E-state index in [1.54, 1.807) is 20.3 Å². The zero-order valence-electron chi connectivity index (χ0n) is 11.4. The van der Waals surface area contributed by atoms with Gasteiger partial charge >= 0.3 is 0 Å². The lowest BCUT2D eigenvalue weighted by atomic mass is 10.1. The Morgan fingerprint density at radius 3 is 2.65 bits per heavy atom. The highest BCUT2D eigenvalue weighted by Crippen LogP contribution is 2.44. The smallest absolute Gasteiger partial charge is 0.148 e. The minimum Gasteiger partial charge on any atom is -0.495 e. The second kappa shape index (κ2) is 5.00. The molecular weight excluding hydrogens is 278 g/mol. The molecule has 0 unspecified atom stereocenters. The van der Waals surface area contributed by atoms with Gasteiger partial charge in [0, 0.05) is 11.8 Å². The fourth-order valence-electron chi connectivity index (χ4n) is 2.81. The second-order valence-corrected chi connectivity index (χ2v) is 5.11. The lowest BCUT2D eigenvalue weighted by Gasteiger charge is -2.16. The van der Waals surface area contributed by atoms with E-state index in [9.17, 15) is 0 Å².